The summed E-state index contributed by atoms with van der Waals surface area (Å²) in [7, 11) is 0. The Bertz CT molecular complexity index is 283. The van der Waals surface area contributed by atoms with Crippen LogP contribution in [0, 0.1) is 0 Å². The summed E-state index contributed by atoms with van der Waals surface area (Å²) in [6, 6.07) is 7.82. The standard InChI is InChI=1S/C10H12O2/c1-2-9-7-5-3-4-6-8(7)10(11)12-9/h3-6,9-11H,2H2,1H3. The van der Waals surface area contributed by atoms with Gasteiger partial charge in [-0.2, -0.15) is 0 Å². The van der Waals surface area contributed by atoms with Crippen LogP contribution in [0.25, 0.3) is 0 Å². The molecule has 1 N–H and O–H groups in total. The first-order chi connectivity index (χ1) is 5.83. The highest BCUT2D eigenvalue weighted by Gasteiger charge is 2.28. The fraction of sp³-hybridized carbons (Fsp3) is 0.400. The van der Waals surface area contributed by atoms with Crippen LogP contribution >= 0.6 is 0 Å². The van der Waals surface area contributed by atoms with E-state index in [1.807, 2.05) is 24.3 Å². The van der Waals surface area contributed by atoms with Gasteiger partial charge >= 0.3 is 0 Å². The Balaban J connectivity index is 2.43. The molecule has 0 aromatic heterocycles. The lowest BCUT2D eigenvalue weighted by Gasteiger charge is -2.06. The molecule has 64 valence electrons. The summed E-state index contributed by atoms with van der Waals surface area (Å²) in [5.74, 6) is 0. The molecule has 0 aliphatic carbocycles. The quantitative estimate of drug-likeness (QED) is 0.689. The third kappa shape index (κ3) is 1.04. The van der Waals surface area contributed by atoms with Gasteiger partial charge in [-0.15, -0.1) is 0 Å². The molecule has 0 fully saturated rings. The minimum atomic E-state index is -0.717. The maximum Gasteiger partial charge on any atom is 0.182 e. The summed E-state index contributed by atoms with van der Waals surface area (Å²) in [6.07, 6.45) is 0.274. The van der Waals surface area contributed by atoms with Crippen molar-refractivity contribution in [1.29, 1.82) is 0 Å². The molecule has 12 heavy (non-hydrogen) atoms. The summed E-state index contributed by atoms with van der Waals surface area (Å²) >= 11 is 0. The average molecular weight is 164 g/mol. The zero-order chi connectivity index (χ0) is 8.55. The molecule has 0 bridgehead atoms. The van der Waals surface area contributed by atoms with E-state index >= 15 is 0 Å². The molecule has 2 atom stereocenters. The van der Waals surface area contributed by atoms with Crippen molar-refractivity contribution in [3.63, 3.8) is 0 Å². The van der Waals surface area contributed by atoms with Crippen LogP contribution in [0.2, 0.25) is 0 Å². The fourth-order valence-corrected chi connectivity index (χ4v) is 1.65. The van der Waals surface area contributed by atoms with Gasteiger partial charge in [-0.25, -0.2) is 0 Å². The molecule has 1 aliphatic rings. The molecule has 0 saturated heterocycles. The summed E-state index contributed by atoms with van der Waals surface area (Å²) in [5.41, 5.74) is 2.05. The first kappa shape index (κ1) is 7.77. The molecule has 1 aromatic carbocycles. The van der Waals surface area contributed by atoms with Crippen molar-refractivity contribution in [2.45, 2.75) is 25.7 Å². The molecule has 0 amide bonds. The zero-order valence-corrected chi connectivity index (χ0v) is 7.03. The maximum absolute atomic E-state index is 9.46. The molecule has 1 aliphatic heterocycles. The number of fused-ring (bicyclic) bond motifs is 1. The summed E-state index contributed by atoms with van der Waals surface area (Å²) in [5, 5.41) is 9.46. The first-order valence-corrected chi connectivity index (χ1v) is 4.25. The van der Waals surface area contributed by atoms with Crippen LogP contribution in [0.3, 0.4) is 0 Å². The van der Waals surface area contributed by atoms with Crippen LogP contribution in [0.15, 0.2) is 24.3 Å². The number of aliphatic hydroxyl groups excluding tert-OH is 1. The van der Waals surface area contributed by atoms with E-state index in [0.29, 0.717) is 0 Å². The molecule has 2 nitrogen and oxygen atoms in total. The topological polar surface area (TPSA) is 29.5 Å². The lowest BCUT2D eigenvalue weighted by Crippen LogP contribution is -1.95. The Labute approximate surface area is 71.8 Å². The number of aliphatic hydroxyl groups is 1. The van der Waals surface area contributed by atoms with Crippen LogP contribution in [-0.4, -0.2) is 5.11 Å². The second-order valence-electron chi connectivity index (χ2n) is 3.01. The molecule has 0 radical (unpaired) electrons. The molecule has 0 spiro atoms. The van der Waals surface area contributed by atoms with Crippen molar-refractivity contribution in [3.8, 4) is 0 Å². The van der Waals surface area contributed by atoms with Crippen LogP contribution in [-0.2, 0) is 4.74 Å². The van der Waals surface area contributed by atoms with E-state index in [-0.39, 0.29) is 6.10 Å². The van der Waals surface area contributed by atoms with Gasteiger partial charge in [0, 0.05) is 5.56 Å². The largest absolute Gasteiger partial charge is 0.364 e. The third-order valence-corrected chi connectivity index (χ3v) is 2.27. The van der Waals surface area contributed by atoms with Gasteiger partial charge in [0.25, 0.3) is 0 Å². The third-order valence-electron chi connectivity index (χ3n) is 2.27. The average Bonchev–Trinajstić information content (AvgIpc) is 2.44. The van der Waals surface area contributed by atoms with E-state index in [9.17, 15) is 5.11 Å². The predicted molar refractivity (Wildman–Crippen MR) is 45.5 cm³/mol. The zero-order valence-electron chi connectivity index (χ0n) is 7.03. The Hall–Kier alpha value is -0.860. The minimum absolute atomic E-state index is 0.0798. The molecule has 1 aromatic rings. The lowest BCUT2D eigenvalue weighted by molar-refractivity contribution is -0.121. The molecule has 1 heterocycles. The Morgan fingerprint density at radius 1 is 1.33 bits per heavy atom. The Kier molecular flexibility index (Phi) is 1.87. The van der Waals surface area contributed by atoms with Crippen molar-refractivity contribution in [1.82, 2.24) is 0 Å². The second kappa shape index (κ2) is 2.88. The van der Waals surface area contributed by atoms with E-state index in [0.717, 1.165) is 17.5 Å². The van der Waals surface area contributed by atoms with Crippen molar-refractivity contribution < 1.29 is 9.84 Å². The molecule has 0 saturated carbocycles. The van der Waals surface area contributed by atoms with E-state index in [1.54, 1.807) is 0 Å². The van der Waals surface area contributed by atoms with E-state index in [2.05, 4.69) is 6.92 Å². The van der Waals surface area contributed by atoms with Gasteiger partial charge in [-0.1, -0.05) is 31.2 Å². The highest BCUT2D eigenvalue weighted by Crippen LogP contribution is 2.38. The molecular weight excluding hydrogens is 152 g/mol. The maximum atomic E-state index is 9.46. The van der Waals surface area contributed by atoms with Gasteiger partial charge in [0.15, 0.2) is 6.29 Å². The van der Waals surface area contributed by atoms with Crippen LogP contribution in [0.1, 0.15) is 36.9 Å². The SMILES string of the molecule is CCC1OC(O)c2ccccc21. The second-order valence-corrected chi connectivity index (χ2v) is 3.01. The van der Waals surface area contributed by atoms with Crippen molar-refractivity contribution in [3.05, 3.63) is 35.4 Å². The van der Waals surface area contributed by atoms with Gasteiger partial charge in [0.1, 0.15) is 0 Å². The molecule has 2 unspecified atom stereocenters. The molecular formula is C10H12O2. The Morgan fingerprint density at radius 3 is 2.67 bits per heavy atom. The van der Waals surface area contributed by atoms with Gasteiger partial charge in [-0.05, 0) is 12.0 Å². The normalized spacial score (nSPS) is 27.2. The number of ether oxygens (including phenoxy) is 1. The number of benzene rings is 1. The van der Waals surface area contributed by atoms with Gasteiger partial charge in [0.2, 0.25) is 0 Å². The monoisotopic (exact) mass is 164 g/mol. The highest BCUT2D eigenvalue weighted by atomic mass is 16.6. The van der Waals surface area contributed by atoms with Crippen LogP contribution in [0.4, 0.5) is 0 Å². The van der Waals surface area contributed by atoms with Crippen molar-refractivity contribution >= 4 is 0 Å². The molecule has 2 heteroatoms. The summed E-state index contributed by atoms with van der Waals surface area (Å²) in [6.45, 7) is 2.06. The first-order valence-electron chi connectivity index (χ1n) is 4.25. The van der Waals surface area contributed by atoms with E-state index in [1.165, 1.54) is 0 Å². The smallest absolute Gasteiger partial charge is 0.182 e. The lowest BCUT2D eigenvalue weighted by atomic mass is 10.0. The number of hydrogen-bond acceptors (Lipinski definition) is 2. The van der Waals surface area contributed by atoms with Crippen molar-refractivity contribution in [2.75, 3.05) is 0 Å². The van der Waals surface area contributed by atoms with Crippen LogP contribution < -0.4 is 0 Å². The van der Waals surface area contributed by atoms with E-state index < -0.39 is 6.29 Å². The Morgan fingerprint density at radius 2 is 2.00 bits per heavy atom. The summed E-state index contributed by atoms with van der Waals surface area (Å²) < 4.78 is 5.34. The summed E-state index contributed by atoms with van der Waals surface area (Å²) in [4.78, 5) is 0. The van der Waals surface area contributed by atoms with Crippen molar-refractivity contribution in [2.24, 2.45) is 0 Å². The number of rotatable bonds is 1. The van der Waals surface area contributed by atoms with Gasteiger partial charge < -0.3 is 9.84 Å². The number of hydrogen-bond donors (Lipinski definition) is 1. The highest BCUT2D eigenvalue weighted by molar-refractivity contribution is 5.32. The predicted octanol–water partition coefficient (Wildman–Crippen LogP) is 2.16. The fourth-order valence-electron chi connectivity index (χ4n) is 1.65. The van der Waals surface area contributed by atoms with Gasteiger partial charge in [0.05, 0.1) is 6.10 Å². The van der Waals surface area contributed by atoms with E-state index in [4.69, 9.17) is 4.74 Å². The van der Waals surface area contributed by atoms with Crippen LogP contribution in [0.5, 0.6) is 0 Å². The minimum Gasteiger partial charge on any atom is -0.364 e. The molecule has 2 rings (SSSR count). The van der Waals surface area contributed by atoms with Gasteiger partial charge in [-0.3, -0.25) is 0 Å².